The van der Waals surface area contributed by atoms with Crippen LogP contribution in [0.3, 0.4) is 0 Å². The summed E-state index contributed by atoms with van der Waals surface area (Å²) in [6.45, 7) is 0.760. The van der Waals surface area contributed by atoms with Gasteiger partial charge in [0.25, 0.3) is 0 Å². The van der Waals surface area contributed by atoms with Crippen molar-refractivity contribution < 1.29 is 9.50 Å². The molecule has 0 saturated carbocycles. The zero-order valence-corrected chi connectivity index (χ0v) is 12.7. The molecule has 0 amide bonds. The Morgan fingerprint density at radius 1 is 1.15 bits per heavy atom. The third-order valence-corrected chi connectivity index (χ3v) is 3.81. The van der Waals surface area contributed by atoms with E-state index in [1.165, 1.54) is 17.7 Å². The molecule has 2 aromatic rings. The lowest BCUT2D eigenvalue weighted by atomic mass is 10.1. The first kappa shape index (κ1) is 15.0. The zero-order chi connectivity index (χ0) is 14.4. The van der Waals surface area contributed by atoms with Crippen LogP contribution >= 0.6 is 15.9 Å². The molecule has 0 bridgehead atoms. The minimum atomic E-state index is -0.235. The Hall–Kier alpha value is -1.39. The minimum Gasteiger partial charge on any atom is -0.396 e. The Morgan fingerprint density at radius 3 is 2.80 bits per heavy atom. The number of aliphatic hydroxyl groups excluding tert-OH is 1. The maximum Gasteiger partial charge on any atom is 0.123 e. The van der Waals surface area contributed by atoms with Crippen molar-refractivity contribution in [1.29, 1.82) is 0 Å². The summed E-state index contributed by atoms with van der Waals surface area (Å²) >= 11 is 3.42. The molecule has 0 aliphatic heterocycles. The predicted octanol–water partition coefficient (Wildman–Crippen LogP) is 4.13. The van der Waals surface area contributed by atoms with Crippen LogP contribution in [0.5, 0.6) is 0 Å². The van der Waals surface area contributed by atoms with E-state index in [2.05, 4.69) is 27.3 Å². The zero-order valence-electron chi connectivity index (χ0n) is 11.1. The highest BCUT2D eigenvalue weighted by molar-refractivity contribution is 9.10. The summed E-state index contributed by atoms with van der Waals surface area (Å²) in [5, 5.41) is 12.1. The molecule has 106 valence electrons. The Bertz CT molecular complexity index is 574. The molecule has 2 nitrogen and oxygen atoms in total. The number of hydrogen-bond acceptors (Lipinski definition) is 2. The average molecular weight is 338 g/mol. The number of benzene rings is 2. The highest BCUT2D eigenvalue weighted by Gasteiger charge is 2.02. The molecule has 4 heteroatoms. The third-order valence-electron chi connectivity index (χ3n) is 3.04. The van der Waals surface area contributed by atoms with E-state index in [1.807, 2.05) is 18.2 Å². The van der Waals surface area contributed by atoms with Crippen molar-refractivity contribution in [2.75, 3.05) is 11.9 Å². The van der Waals surface area contributed by atoms with Crippen LogP contribution in [0.25, 0.3) is 0 Å². The summed E-state index contributed by atoms with van der Waals surface area (Å²) in [5.41, 5.74) is 3.06. The van der Waals surface area contributed by atoms with Crippen LogP contribution in [-0.2, 0) is 13.0 Å². The van der Waals surface area contributed by atoms with Gasteiger partial charge in [-0.1, -0.05) is 28.1 Å². The van der Waals surface area contributed by atoms with E-state index in [0.717, 1.165) is 28.6 Å². The van der Waals surface area contributed by atoms with Crippen molar-refractivity contribution in [3.63, 3.8) is 0 Å². The van der Waals surface area contributed by atoms with Gasteiger partial charge in [-0.05, 0) is 54.3 Å². The molecular weight excluding hydrogens is 321 g/mol. The van der Waals surface area contributed by atoms with Gasteiger partial charge in [-0.15, -0.1) is 0 Å². The number of halogens is 2. The van der Waals surface area contributed by atoms with Gasteiger partial charge < -0.3 is 10.4 Å². The SMILES string of the molecule is OCCCc1cccc(NCc2cc(F)ccc2Br)c1. The second-order valence-electron chi connectivity index (χ2n) is 4.62. The van der Waals surface area contributed by atoms with Gasteiger partial charge in [0.05, 0.1) is 0 Å². The maximum atomic E-state index is 13.2. The summed E-state index contributed by atoms with van der Waals surface area (Å²) in [4.78, 5) is 0. The van der Waals surface area contributed by atoms with Gasteiger partial charge in [0, 0.05) is 23.3 Å². The van der Waals surface area contributed by atoms with Crippen LogP contribution in [0, 0.1) is 5.82 Å². The first-order valence-electron chi connectivity index (χ1n) is 6.56. The van der Waals surface area contributed by atoms with Crippen LogP contribution in [0.15, 0.2) is 46.9 Å². The number of aryl methyl sites for hydroxylation is 1. The Morgan fingerprint density at radius 2 is 2.00 bits per heavy atom. The maximum absolute atomic E-state index is 13.2. The molecule has 0 aliphatic rings. The predicted molar refractivity (Wildman–Crippen MR) is 83.3 cm³/mol. The number of aliphatic hydroxyl groups is 1. The van der Waals surface area contributed by atoms with Crippen molar-refractivity contribution in [2.45, 2.75) is 19.4 Å². The fraction of sp³-hybridized carbons (Fsp3) is 0.250. The molecule has 0 aromatic heterocycles. The summed E-state index contributed by atoms with van der Waals surface area (Å²) in [5.74, 6) is -0.235. The van der Waals surface area contributed by atoms with Gasteiger partial charge in [-0.2, -0.15) is 0 Å². The van der Waals surface area contributed by atoms with Gasteiger partial charge >= 0.3 is 0 Å². The largest absolute Gasteiger partial charge is 0.396 e. The quantitative estimate of drug-likeness (QED) is 0.830. The monoisotopic (exact) mass is 337 g/mol. The van der Waals surface area contributed by atoms with Crippen molar-refractivity contribution >= 4 is 21.6 Å². The fourth-order valence-electron chi connectivity index (χ4n) is 2.00. The minimum absolute atomic E-state index is 0.202. The van der Waals surface area contributed by atoms with Gasteiger partial charge in [-0.25, -0.2) is 4.39 Å². The molecule has 2 N–H and O–H groups in total. The van der Waals surface area contributed by atoms with Gasteiger partial charge in [0.15, 0.2) is 0 Å². The molecule has 2 aromatic carbocycles. The van der Waals surface area contributed by atoms with Crippen LogP contribution in [0.2, 0.25) is 0 Å². The number of anilines is 1. The lowest BCUT2D eigenvalue weighted by Crippen LogP contribution is -2.01. The van der Waals surface area contributed by atoms with Crippen LogP contribution in [0.1, 0.15) is 17.5 Å². The molecule has 0 aliphatic carbocycles. The van der Waals surface area contributed by atoms with Crippen LogP contribution < -0.4 is 5.32 Å². The van der Waals surface area contributed by atoms with E-state index < -0.39 is 0 Å². The summed E-state index contributed by atoms with van der Waals surface area (Å²) in [6.07, 6.45) is 1.62. The van der Waals surface area contributed by atoms with Gasteiger partial charge in [0.2, 0.25) is 0 Å². The molecule has 0 radical (unpaired) electrons. The van der Waals surface area contributed by atoms with Crippen molar-refractivity contribution in [3.05, 3.63) is 63.9 Å². The molecular formula is C16H17BrFNO. The van der Waals surface area contributed by atoms with Gasteiger partial charge in [0.1, 0.15) is 5.82 Å². The number of hydrogen-bond donors (Lipinski definition) is 2. The second kappa shape index (κ2) is 7.41. The van der Waals surface area contributed by atoms with E-state index in [4.69, 9.17) is 5.11 Å². The highest BCUT2D eigenvalue weighted by atomic mass is 79.9. The lowest BCUT2D eigenvalue weighted by molar-refractivity contribution is 0.288. The number of rotatable bonds is 6. The molecule has 0 heterocycles. The Kier molecular flexibility index (Phi) is 5.56. The summed E-state index contributed by atoms with van der Waals surface area (Å²) in [7, 11) is 0. The summed E-state index contributed by atoms with van der Waals surface area (Å²) in [6, 6.07) is 12.7. The normalized spacial score (nSPS) is 10.6. The number of nitrogens with one attached hydrogen (secondary N) is 1. The van der Waals surface area contributed by atoms with Crippen molar-refractivity contribution in [1.82, 2.24) is 0 Å². The average Bonchev–Trinajstić information content (AvgIpc) is 2.46. The standard InChI is InChI=1S/C16H17BrFNO/c17-16-7-6-14(18)10-13(16)11-19-15-5-1-3-12(9-15)4-2-8-20/h1,3,5-7,9-10,19-20H,2,4,8,11H2. The smallest absolute Gasteiger partial charge is 0.123 e. The molecule has 2 rings (SSSR count). The molecule has 0 spiro atoms. The van der Waals surface area contributed by atoms with E-state index in [1.54, 1.807) is 6.07 Å². The van der Waals surface area contributed by atoms with Crippen LogP contribution in [-0.4, -0.2) is 11.7 Å². The van der Waals surface area contributed by atoms with E-state index in [-0.39, 0.29) is 12.4 Å². The first-order chi connectivity index (χ1) is 9.69. The molecule has 0 atom stereocenters. The molecule has 0 unspecified atom stereocenters. The first-order valence-corrected chi connectivity index (χ1v) is 7.36. The third kappa shape index (κ3) is 4.32. The topological polar surface area (TPSA) is 32.3 Å². The van der Waals surface area contributed by atoms with Crippen molar-refractivity contribution in [2.24, 2.45) is 0 Å². The van der Waals surface area contributed by atoms with E-state index >= 15 is 0 Å². The second-order valence-corrected chi connectivity index (χ2v) is 5.47. The Balaban J connectivity index is 2.01. The molecule has 20 heavy (non-hydrogen) atoms. The fourth-order valence-corrected chi connectivity index (χ4v) is 2.38. The lowest BCUT2D eigenvalue weighted by Gasteiger charge is -2.10. The van der Waals surface area contributed by atoms with Crippen LogP contribution in [0.4, 0.5) is 10.1 Å². The highest BCUT2D eigenvalue weighted by Crippen LogP contribution is 2.20. The van der Waals surface area contributed by atoms with Gasteiger partial charge in [-0.3, -0.25) is 0 Å². The van der Waals surface area contributed by atoms with Crippen molar-refractivity contribution in [3.8, 4) is 0 Å². The van der Waals surface area contributed by atoms with E-state index in [0.29, 0.717) is 6.54 Å². The molecule has 0 saturated heterocycles. The van der Waals surface area contributed by atoms with E-state index in [9.17, 15) is 4.39 Å². The molecule has 0 fully saturated rings. The Labute approximate surface area is 126 Å². The summed E-state index contributed by atoms with van der Waals surface area (Å²) < 4.78 is 14.1.